The number of ether oxygens (including phenoxy) is 2. The van der Waals surface area contributed by atoms with Gasteiger partial charge in [-0.25, -0.2) is 9.59 Å². The molecule has 520 valence electrons. The molecule has 6 heterocycles. The minimum atomic E-state index is -3.67. The Labute approximate surface area is 592 Å². The minimum absolute atomic E-state index is 0.172. The van der Waals surface area contributed by atoms with E-state index in [1.54, 1.807) is 36.5 Å². The number of hydrogen-bond donors (Lipinski definition) is 2. The number of unbranched alkanes of at least 4 members (excludes halogenated alkanes) is 4. The Balaban J connectivity index is 0.000000174. The molecular formula is C81H72N8O13S. The molecule has 15 rings (SSSR count). The maximum absolute atomic E-state index is 14.7. The molecule has 0 saturated carbocycles. The van der Waals surface area contributed by atoms with Gasteiger partial charge in [-0.15, -0.1) is 0 Å². The van der Waals surface area contributed by atoms with Crippen molar-refractivity contribution in [1.29, 1.82) is 0 Å². The van der Waals surface area contributed by atoms with Crippen LogP contribution in [-0.2, 0) is 39.0 Å². The fraction of sp³-hybridized carbons (Fsp3) is 0.235. The molecule has 0 bridgehead atoms. The van der Waals surface area contributed by atoms with Crippen molar-refractivity contribution in [1.82, 2.24) is 40.0 Å². The van der Waals surface area contributed by atoms with Crippen LogP contribution in [-0.4, -0.2) is 142 Å². The summed E-state index contributed by atoms with van der Waals surface area (Å²) in [4.78, 5) is 133. The molecule has 21 nitrogen and oxygen atoms in total. The first kappa shape index (κ1) is 69.7. The number of amides is 6. The zero-order valence-corrected chi connectivity index (χ0v) is 58.4. The highest BCUT2D eigenvalue weighted by molar-refractivity contribution is 7.85. The van der Waals surface area contributed by atoms with Gasteiger partial charge in [0, 0.05) is 144 Å². The number of nitrogens with one attached hydrogen (secondary N) is 1. The van der Waals surface area contributed by atoms with Crippen LogP contribution in [0.25, 0.3) is 86.7 Å². The van der Waals surface area contributed by atoms with Gasteiger partial charge >= 0.3 is 11.9 Å². The van der Waals surface area contributed by atoms with Gasteiger partial charge in [0.05, 0.1) is 64.8 Å². The van der Waals surface area contributed by atoms with Crippen LogP contribution in [0, 0.1) is 6.92 Å². The van der Waals surface area contributed by atoms with Gasteiger partial charge in [-0.3, -0.25) is 63.1 Å². The van der Waals surface area contributed by atoms with E-state index in [-0.39, 0.29) is 53.8 Å². The SMILES string of the molecule is CCCCCN(Cc1ccc(C)cc1)C(=O)c1ccc2c3ncc4c5c(ccc(c6ncc(C(=O)OC)c1c26)c53)C(=O)N(CCc1ccccc1)C4=O.CCCCCNC(=O)c1ccc2c3ncc4c5c(ccc(c6ncc(C(=O)OC)c1c26)c53)C(=O)N(CCc1ccccc1)C4=O.CS(=O)(=O)O. The predicted molar refractivity (Wildman–Crippen MR) is 395 cm³/mol. The molecule has 0 aliphatic carbocycles. The van der Waals surface area contributed by atoms with Crippen LogP contribution in [0.3, 0.4) is 0 Å². The highest BCUT2D eigenvalue weighted by atomic mass is 32.2. The number of aromatic nitrogens is 4. The zero-order chi connectivity index (χ0) is 72.5. The third-order valence-corrected chi connectivity index (χ3v) is 19.2. The number of esters is 2. The van der Waals surface area contributed by atoms with Crippen LogP contribution >= 0.6 is 0 Å². The van der Waals surface area contributed by atoms with Crippen molar-refractivity contribution in [2.75, 3.05) is 46.7 Å². The smallest absolute Gasteiger partial charge is 0.340 e. The average Bonchev–Trinajstić information content (AvgIpc) is 0.701. The van der Waals surface area contributed by atoms with Crippen LogP contribution < -0.4 is 5.32 Å². The van der Waals surface area contributed by atoms with Gasteiger partial charge in [-0.05, 0) is 73.6 Å². The van der Waals surface area contributed by atoms with Gasteiger partial charge in [0.2, 0.25) is 0 Å². The lowest BCUT2D eigenvalue weighted by Gasteiger charge is -2.28. The molecule has 9 aromatic carbocycles. The molecule has 103 heavy (non-hydrogen) atoms. The van der Waals surface area contributed by atoms with Crippen molar-refractivity contribution < 1.29 is 60.8 Å². The van der Waals surface area contributed by atoms with Crippen LogP contribution in [0.1, 0.15) is 157 Å². The Morgan fingerprint density at radius 2 is 0.864 bits per heavy atom. The quantitative estimate of drug-likeness (QED) is 0.0179. The average molecular weight is 1400 g/mol. The number of pyridine rings is 4. The molecule has 2 N–H and O–H groups in total. The van der Waals surface area contributed by atoms with Crippen molar-refractivity contribution in [2.45, 2.75) is 78.7 Å². The monoisotopic (exact) mass is 1400 g/mol. The summed E-state index contributed by atoms with van der Waals surface area (Å²) in [6, 6.07) is 41.8. The fourth-order valence-electron chi connectivity index (χ4n) is 14.2. The molecule has 2 aliphatic heterocycles. The van der Waals surface area contributed by atoms with E-state index in [9.17, 15) is 46.8 Å². The Bertz CT molecular complexity index is 5570. The second-order valence-corrected chi connectivity index (χ2v) is 27.3. The van der Waals surface area contributed by atoms with E-state index in [4.69, 9.17) is 34.0 Å². The van der Waals surface area contributed by atoms with Crippen molar-refractivity contribution in [3.63, 3.8) is 0 Å². The third-order valence-electron chi connectivity index (χ3n) is 19.2. The first-order chi connectivity index (χ1) is 49.7. The van der Waals surface area contributed by atoms with Gasteiger partial charge in [-0.1, -0.05) is 154 Å². The van der Waals surface area contributed by atoms with Crippen molar-refractivity contribution in [3.05, 3.63) is 225 Å². The minimum Gasteiger partial charge on any atom is -0.465 e. The second kappa shape index (κ2) is 29.1. The lowest BCUT2D eigenvalue weighted by molar-refractivity contribution is 0.0593. The molecular weight excluding hydrogens is 1330 g/mol. The first-order valence-corrected chi connectivity index (χ1v) is 36.0. The van der Waals surface area contributed by atoms with Gasteiger partial charge in [0.15, 0.2) is 0 Å². The summed E-state index contributed by atoms with van der Waals surface area (Å²) in [5.41, 5.74) is 9.00. The largest absolute Gasteiger partial charge is 0.465 e. The number of hydrogen-bond acceptors (Lipinski definition) is 16. The Hall–Kier alpha value is -11.8. The lowest BCUT2D eigenvalue weighted by atomic mass is 9.87. The highest BCUT2D eigenvalue weighted by Crippen LogP contribution is 2.46. The van der Waals surface area contributed by atoms with Crippen LogP contribution in [0.4, 0.5) is 0 Å². The van der Waals surface area contributed by atoms with Crippen molar-refractivity contribution in [2.24, 2.45) is 0 Å². The van der Waals surface area contributed by atoms with E-state index in [0.29, 0.717) is 159 Å². The standard InChI is InChI=1S/C44H38N4O5.C36H30N4O5.CH4O3S/c1-4-5-9-21-47(25-28-14-12-26(2)13-15-28)41(49)31-18-16-30-38-36(31)34(44(52)53-3)24-46-40(38)29-17-19-32-35-33(23-45-39(30)37(29)35)43(51)48(42(32)50)22-20-27-10-7-6-8-11-27;1-3-4-8-16-37-33(41)23-13-11-21-29-27(23)26(36(44)45-2)19-39-31(29)22-12-14-24-28-25(18-38-32(21)30(22)28)35(43)40(34(24)42)17-15-20-9-6-5-7-10-20;1-5(2,3)4/h6-8,10-19,23-24H,4-5,9,20-22,25H2,1-3H3;5-7,9-14,18-19H,3-4,8,15-17H2,1-2H3,(H,37,41);1H3,(H,2,3,4). The molecule has 13 aromatic rings. The van der Waals surface area contributed by atoms with E-state index in [0.717, 1.165) is 60.8 Å². The molecule has 0 radical (unpaired) electrons. The number of nitrogens with zero attached hydrogens (tertiary/aromatic N) is 7. The molecule has 0 atom stereocenters. The topological polar surface area (TPSA) is 283 Å². The van der Waals surface area contributed by atoms with Gasteiger partial charge in [-0.2, -0.15) is 8.42 Å². The summed E-state index contributed by atoms with van der Waals surface area (Å²) in [6.45, 7) is 8.22. The van der Waals surface area contributed by atoms with E-state index in [2.05, 4.69) is 19.2 Å². The normalized spacial score (nSPS) is 12.8. The summed E-state index contributed by atoms with van der Waals surface area (Å²) < 4.78 is 36.2. The summed E-state index contributed by atoms with van der Waals surface area (Å²) >= 11 is 0. The van der Waals surface area contributed by atoms with Crippen molar-refractivity contribution in [3.8, 4) is 0 Å². The van der Waals surface area contributed by atoms with E-state index in [1.807, 2.05) is 115 Å². The van der Waals surface area contributed by atoms with E-state index >= 15 is 0 Å². The molecule has 4 aromatic heterocycles. The molecule has 0 spiro atoms. The summed E-state index contributed by atoms with van der Waals surface area (Å²) in [7, 11) is -1.07. The maximum Gasteiger partial charge on any atom is 0.340 e. The van der Waals surface area contributed by atoms with Crippen LogP contribution in [0.5, 0.6) is 0 Å². The molecule has 2 aliphatic rings. The number of fused-ring (bicyclic) bond motifs is 4. The zero-order valence-electron chi connectivity index (χ0n) is 57.6. The number of rotatable bonds is 20. The lowest BCUT2D eigenvalue weighted by Crippen LogP contribution is -2.41. The Morgan fingerprint density at radius 1 is 0.466 bits per heavy atom. The number of imide groups is 2. The predicted octanol–water partition coefficient (Wildman–Crippen LogP) is 13.9. The molecule has 0 fully saturated rings. The Kier molecular flexibility index (Phi) is 19.7. The third kappa shape index (κ3) is 13.1. The number of benzene rings is 9. The first-order valence-electron chi connectivity index (χ1n) is 34.1. The van der Waals surface area contributed by atoms with E-state index < -0.39 is 28.0 Å². The summed E-state index contributed by atoms with van der Waals surface area (Å²) in [5, 5.41) is 10.1. The second-order valence-electron chi connectivity index (χ2n) is 25.8. The van der Waals surface area contributed by atoms with E-state index in [1.165, 1.54) is 42.6 Å². The summed E-state index contributed by atoms with van der Waals surface area (Å²) in [6.07, 6.45) is 13.4. The molecule has 22 heteroatoms. The number of carbonyl (C=O) groups is 8. The van der Waals surface area contributed by atoms with Crippen LogP contribution in [0.15, 0.2) is 158 Å². The van der Waals surface area contributed by atoms with Crippen molar-refractivity contribution >= 4 is 144 Å². The van der Waals surface area contributed by atoms with Gasteiger partial charge in [0.1, 0.15) is 0 Å². The van der Waals surface area contributed by atoms with Gasteiger partial charge in [0.25, 0.3) is 45.6 Å². The number of carbonyl (C=O) groups excluding carboxylic acids is 8. The number of aryl methyl sites for hydroxylation is 1. The Morgan fingerprint density at radius 3 is 1.31 bits per heavy atom. The summed E-state index contributed by atoms with van der Waals surface area (Å²) in [5.74, 6) is -3.21. The fourth-order valence-corrected chi connectivity index (χ4v) is 14.2. The molecule has 6 amide bonds. The highest BCUT2D eigenvalue weighted by Gasteiger charge is 2.38. The van der Waals surface area contributed by atoms with Crippen LogP contribution in [0.2, 0.25) is 0 Å². The molecule has 0 saturated heterocycles. The maximum atomic E-state index is 14.7. The van der Waals surface area contributed by atoms with Gasteiger partial charge < -0.3 is 19.7 Å². The molecule has 0 unspecified atom stereocenters. The number of methoxy groups -OCH3 is 2.